The van der Waals surface area contributed by atoms with E-state index < -0.39 is 0 Å². The fraction of sp³-hybridized carbons (Fsp3) is 0.762. The monoisotopic (exact) mass is 390 g/mol. The number of nitrogens with zero attached hydrogens (tertiary/aromatic N) is 2. The molecule has 7 nitrogen and oxygen atoms in total. The lowest BCUT2D eigenvalue weighted by atomic mass is 9.83. The van der Waals surface area contributed by atoms with Gasteiger partial charge in [-0.3, -0.25) is 19.5 Å². The van der Waals surface area contributed by atoms with Crippen molar-refractivity contribution in [2.75, 3.05) is 32.8 Å². The molecule has 3 aliphatic rings. The number of carbonyl (C=O) groups is 2. The molecule has 1 aliphatic heterocycles. The van der Waals surface area contributed by atoms with Gasteiger partial charge in [0.15, 0.2) is 5.96 Å². The van der Waals surface area contributed by atoms with Gasteiger partial charge in [-0.15, -0.1) is 0 Å². The number of allylic oxidation sites excluding steroid dienone is 2. The van der Waals surface area contributed by atoms with Crippen LogP contribution in [0.1, 0.15) is 40.0 Å². The van der Waals surface area contributed by atoms with E-state index in [4.69, 9.17) is 0 Å². The summed E-state index contributed by atoms with van der Waals surface area (Å²) < 4.78 is 0. The molecule has 4 atom stereocenters. The number of imide groups is 1. The van der Waals surface area contributed by atoms with Crippen LogP contribution < -0.4 is 10.6 Å². The van der Waals surface area contributed by atoms with Crippen molar-refractivity contribution in [1.82, 2.24) is 15.5 Å². The summed E-state index contributed by atoms with van der Waals surface area (Å²) in [5.41, 5.74) is -0.201. The smallest absolute Gasteiger partial charge is 0.233 e. The van der Waals surface area contributed by atoms with Gasteiger partial charge in [-0.1, -0.05) is 26.0 Å². The molecule has 0 aromatic carbocycles. The van der Waals surface area contributed by atoms with Crippen molar-refractivity contribution >= 4 is 17.8 Å². The first-order valence-electron chi connectivity index (χ1n) is 10.7. The number of carbonyl (C=O) groups excluding carboxylic acids is 2. The minimum Gasteiger partial charge on any atom is -0.396 e. The first kappa shape index (κ1) is 20.8. The summed E-state index contributed by atoms with van der Waals surface area (Å²) in [7, 11) is 0. The van der Waals surface area contributed by atoms with Gasteiger partial charge in [0.1, 0.15) is 0 Å². The number of hydrogen-bond acceptors (Lipinski definition) is 4. The van der Waals surface area contributed by atoms with Crippen molar-refractivity contribution < 1.29 is 14.7 Å². The number of fused-ring (bicyclic) bond motifs is 5. The third kappa shape index (κ3) is 3.69. The Bertz CT molecular complexity index is 618. The SMILES string of the molecule is CCNC(=NCC(CC)(CC)CO)NCCN1C(=O)C2C3C=CC(C3)C2C1=O. The second kappa shape index (κ2) is 8.64. The van der Waals surface area contributed by atoms with Crippen molar-refractivity contribution in [3.8, 4) is 0 Å². The summed E-state index contributed by atoms with van der Waals surface area (Å²) in [6, 6.07) is 0. The van der Waals surface area contributed by atoms with Crippen molar-refractivity contribution in [2.45, 2.75) is 40.0 Å². The molecule has 4 unspecified atom stereocenters. The molecule has 0 spiro atoms. The molecule has 2 bridgehead atoms. The molecule has 1 heterocycles. The van der Waals surface area contributed by atoms with Crippen LogP contribution in [0.5, 0.6) is 0 Å². The van der Waals surface area contributed by atoms with E-state index >= 15 is 0 Å². The summed E-state index contributed by atoms with van der Waals surface area (Å²) in [5.74, 6) is 0.866. The van der Waals surface area contributed by atoms with Gasteiger partial charge in [0.05, 0.1) is 25.0 Å². The molecule has 3 rings (SSSR count). The highest BCUT2D eigenvalue weighted by Gasteiger charge is 2.58. The van der Waals surface area contributed by atoms with E-state index in [1.807, 2.05) is 6.92 Å². The second-order valence-electron chi connectivity index (χ2n) is 8.32. The van der Waals surface area contributed by atoms with E-state index in [-0.39, 0.29) is 47.5 Å². The molecule has 156 valence electrons. The van der Waals surface area contributed by atoms with E-state index in [9.17, 15) is 14.7 Å². The Kier molecular flexibility index (Phi) is 6.43. The summed E-state index contributed by atoms with van der Waals surface area (Å²) >= 11 is 0. The molecular formula is C21H34N4O3. The minimum absolute atomic E-state index is 0.00754. The predicted molar refractivity (Wildman–Crippen MR) is 109 cm³/mol. The van der Waals surface area contributed by atoms with Crippen LogP contribution in [0.3, 0.4) is 0 Å². The fourth-order valence-electron chi connectivity index (χ4n) is 4.81. The van der Waals surface area contributed by atoms with Crippen molar-refractivity contribution in [2.24, 2.45) is 34.1 Å². The number of aliphatic imine (C=N–C) groups is 1. The molecule has 2 fully saturated rings. The number of guanidine groups is 1. The van der Waals surface area contributed by atoms with Crippen LogP contribution in [-0.2, 0) is 9.59 Å². The average Bonchev–Trinajstić information content (AvgIpc) is 3.39. The van der Waals surface area contributed by atoms with Crippen LogP contribution in [0.2, 0.25) is 0 Å². The van der Waals surface area contributed by atoms with Gasteiger partial charge in [-0.2, -0.15) is 0 Å². The van der Waals surface area contributed by atoms with Crippen molar-refractivity contribution in [1.29, 1.82) is 0 Å². The molecule has 2 aliphatic carbocycles. The molecule has 3 N–H and O–H groups in total. The van der Waals surface area contributed by atoms with E-state index in [2.05, 4.69) is 41.6 Å². The zero-order valence-electron chi connectivity index (χ0n) is 17.3. The largest absolute Gasteiger partial charge is 0.396 e. The quantitative estimate of drug-likeness (QED) is 0.238. The van der Waals surface area contributed by atoms with Crippen LogP contribution in [0.25, 0.3) is 0 Å². The van der Waals surface area contributed by atoms with Crippen LogP contribution in [0.15, 0.2) is 17.1 Å². The van der Waals surface area contributed by atoms with E-state index in [0.717, 1.165) is 25.8 Å². The van der Waals surface area contributed by atoms with E-state index in [0.29, 0.717) is 25.6 Å². The number of nitrogens with one attached hydrogen (secondary N) is 2. The predicted octanol–water partition coefficient (Wildman–Crippen LogP) is 1.15. The van der Waals surface area contributed by atoms with Crippen molar-refractivity contribution in [3.63, 3.8) is 0 Å². The van der Waals surface area contributed by atoms with Crippen LogP contribution >= 0.6 is 0 Å². The number of likely N-dealkylation sites (tertiary alicyclic amines) is 1. The van der Waals surface area contributed by atoms with Gasteiger partial charge in [-0.25, -0.2) is 0 Å². The third-order valence-corrected chi connectivity index (χ3v) is 6.94. The molecule has 2 amide bonds. The number of rotatable bonds is 9. The normalized spacial score (nSPS) is 29.0. The van der Waals surface area contributed by atoms with Crippen LogP contribution in [-0.4, -0.2) is 60.6 Å². The first-order valence-corrected chi connectivity index (χ1v) is 10.7. The van der Waals surface area contributed by atoms with Crippen LogP contribution in [0, 0.1) is 29.1 Å². The Morgan fingerprint density at radius 1 is 1.14 bits per heavy atom. The van der Waals surface area contributed by atoms with Gasteiger partial charge in [-0.05, 0) is 38.0 Å². The van der Waals surface area contributed by atoms with Crippen LogP contribution in [0.4, 0.5) is 0 Å². The Balaban J connectivity index is 1.56. The van der Waals surface area contributed by atoms with Gasteiger partial charge in [0.2, 0.25) is 11.8 Å². The molecule has 1 saturated carbocycles. The standard InChI is InChI=1S/C21H34N4O3/c1-4-21(5-2,13-26)12-24-20(22-6-3)23-9-10-25-18(27)16-14-7-8-15(11-14)17(16)19(25)28/h7-8,14-17,26H,4-6,9-13H2,1-3H3,(H2,22,23,24). The number of hydrogen-bond donors (Lipinski definition) is 3. The third-order valence-electron chi connectivity index (χ3n) is 6.94. The Labute approximate surface area is 167 Å². The molecule has 0 aromatic heterocycles. The Morgan fingerprint density at radius 3 is 2.25 bits per heavy atom. The maximum Gasteiger partial charge on any atom is 0.233 e. The van der Waals surface area contributed by atoms with E-state index in [1.54, 1.807) is 0 Å². The summed E-state index contributed by atoms with van der Waals surface area (Å²) in [5, 5.41) is 16.2. The number of amides is 2. The molecule has 0 radical (unpaired) electrons. The van der Waals surface area contributed by atoms with Gasteiger partial charge in [0, 0.05) is 25.0 Å². The fourth-order valence-corrected chi connectivity index (χ4v) is 4.81. The zero-order chi connectivity index (χ0) is 20.3. The highest BCUT2D eigenvalue weighted by atomic mass is 16.3. The summed E-state index contributed by atoms with van der Waals surface area (Å²) in [4.78, 5) is 31.5. The van der Waals surface area contributed by atoms with Crippen molar-refractivity contribution in [3.05, 3.63) is 12.2 Å². The number of aliphatic hydroxyl groups excluding tert-OH is 1. The molecule has 28 heavy (non-hydrogen) atoms. The Hall–Kier alpha value is -1.89. The molecule has 7 heteroatoms. The minimum atomic E-state index is -0.201. The van der Waals surface area contributed by atoms with Gasteiger partial charge in [0.25, 0.3) is 0 Å². The first-order chi connectivity index (χ1) is 13.5. The lowest BCUT2D eigenvalue weighted by Gasteiger charge is -2.27. The van der Waals surface area contributed by atoms with Gasteiger partial charge >= 0.3 is 0 Å². The molecular weight excluding hydrogens is 356 g/mol. The lowest BCUT2D eigenvalue weighted by Crippen LogP contribution is -2.44. The summed E-state index contributed by atoms with van der Waals surface area (Å²) in [6.45, 7) is 8.32. The average molecular weight is 391 g/mol. The maximum absolute atomic E-state index is 12.7. The highest BCUT2D eigenvalue weighted by Crippen LogP contribution is 2.52. The molecule has 1 saturated heterocycles. The maximum atomic E-state index is 12.7. The zero-order valence-corrected chi connectivity index (χ0v) is 17.3. The van der Waals surface area contributed by atoms with E-state index in [1.165, 1.54) is 4.90 Å². The number of aliphatic hydroxyl groups is 1. The van der Waals surface area contributed by atoms with Gasteiger partial charge < -0.3 is 15.7 Å². The Morgan fingerprint density at radius 2 is 1.75 bits per heavy atom. The lowest BCUT2D eigenvalue weighted by molar-refractivity contribution is -0.140. The summed E-state index contributed by atoms with van der Waals surface area (Å²) in [6.07, 6.45) is 6.91. The topological polar surface area (TPSA) is 94.0 Å². The second-order valence-corrected chi connectivity index (χ2v) is 8.32. The highest BCUT2D eigenvalue weighted by molar-refractivity contribution is 6.06. The molecule has 0 aromatic rings.